The van der Waals surface area contributed by atoms with Gasteiger partial charge in [0.1, 0.15) is 28.2 Å². The fourth-order valence-corrected chi connectivity index (χ4v) is 2.81. The van der Waals surface area contributed by atoms with E-state index in [0.29, 0.717) is 15.1 Å². The monoisotopic (exact) mass is 424 g/mol. The summed E-state index contributed by atoms with van der Waals surface area (Å²) in [5.41, 5.74) is 0.739. The van der Waals surface area contributed by atoms with Gasteiger partial charge in [0.25, 0.3) is 0 Å². The van der Waals surface area contributed by atoms with E-state index in [1.165, 1.54) is 13.2 Å². The van der Waals surface area contributed by atoms with Gasteiger partial charge in [0.05, 0.1) is 3.57 Å². The lowest BCUT2D eigenvalue weighted by molar-refractivity contribution is 0.0504. The minimum absolute atomic E-state index is 0.0313. The summed E-state index contributed by atoms with van der Waals surface area (Å²) in [5, 5.41) is 10.4. The second-order valence-corrected chi connectivity index (χ2v) is 5.88. The van der Waals surface area contributed by atoms with E-state index in [1.807, 2.05) is 52.9 Å². The molecule has 0 amide bonds. The molecule has 5 nitrogen and oxygen atoms in total. The Morgan fingerprint density at radius 1 is 1.22 bits per heavy atom. The van der Waals surface area contributed by atoms with Gasteiger partial charge in [0.15, 0.2) is 12.2 Å². The van der Waals surface area contributed by atoms with Crippen LogP contribution < -0.4 is 10.2 Å². The van der Waals surface area contributed by atoms with Gasteiger partial charge < -0.3 is 19.0 Å². The highest BCUT2D eigenvalue weighted by Crippen LogP contribution is 2.36. The van der Waals surface area contributed by atoms with E-state index in [2.05, 4.69) is 0 Å². The number of halogens is 1. The van der Waals surface area contributed by atoms with Crippen LogP contribution in [0.3, 0.4) is 0 Å². The number of rotatable bonds is 4. The number of hydrogen-bond acceptors (Lipinski definition) is 5. The van der Waals surface area contributed by atoms with E-state index in [9.17, 15) is 9.90 Å². The van der Waals surface area contributed by atoms with Crippen LogP contribution in [0.15, 0.2) is 51.7 Å². The molecule has 6 heteroatoms. The normalized spacial score (nSPS) is 10.9. The molecule has 3 rings (SSSR count). The van der Waals surface area contributed by atoms with E-state index >= 15 is 0 Å². The lowest BCUT2D eigenvalue weighted by Crippen LogP contribution is -2.04. The van der Waals surface area contributed by atoms with Crippen LogP contribution in [0.1, 0.15) is 0 Å². The third-order valence-corrected chi connectivity index (χ3v) is 4.33. The summed E-state index contributed by atoms with van der Waals surface area (Å²) >= 11 is 1.92. The summed E-state index contributed by atoms with van der Waals surface area (Å²) in [4.78, 5) is 12.4. The summed E-state index contributed by atoms with van der Waals surface area (Å²) < 4.78 is 16.5. The number of phenols is 1. The topological polar surface area (TPSA) is 68.9 Å². The summed E-state index contributed by atoms with van der Waals surface area (Å²) in [5.74, 6) is 0.676. The van der Waals surface area contributed by atoms with E-state index in [0.717, 1.165) is 5.56 Å². The van der Waals surface area contributed by atoms with Gasteiger partial charge in [-0.1, -0.05) is 30.3 Å². The highest BCUT2D eigenvalue weighted by Gasteiger charge is 2.17. The van der Waals surface area contributed by atoms with Crippen molar-refractivity contribution in [3.05, 3.63) is 56.3 Å². The number of phenolic OH excluding ortho intramolecular Hbond substituents is 1. The Kier molecular flexibility index (Phi) is 4.53. The van der Waals surface area contributed by atoms with E-state index in [4.69, 9.17) is 13.9 Å². The highest BCUT2D eigenvalue weighted by atomic mass is 127. The van der Waals surface area contributed by atoms with Crippen LogP contribution in [0.4, 0.5) is 0 Å². The molecule has 0 aliphatic carbocycles. The molecule has 3 aromatic rings. The van der Waals surface area contributed by atoms with Crippen LogP contribution in [-0.4, -0.2) is 19.0 Å². The first kappa shape index (κ1) is 15.8. The van der Waals surface area contributed by atoms with Crippen molar-refractivity contribution in [2.45, 2.75) is 0 Å². The summed E-state index contributed by atoms with van der Waals surface area (Å²) in [6.45, 7) is 0.0313. The maximum atomic E-state index is 12.4. The third kappa shape index (κ3) is 3.04. The van der Waals surface area contributed by atoms with Crippen molar-refractivity contribution in [2.75, 3.05) is 13.9 Å². The second kappa shape index (κ2) is 6.59. The van der Waals surface area contributed by atoms with E-state index in [1.54, 1.807) is 6.07 Å². The predicted octanol–water partition coefficient (Wildman–Crippen LogP) is 3.75. The zero-order chi connectivity index (χ0) is 16.4. The van der Waals surface area contributed by atoms with Gasteiger partial charge in [-0.05, 0) is 22.6 Å². The van der Waals surface area contributed by atoms with Crippen LogP contribution >= 0.6 is 22.6 Å². The smallest absolute Gasteiger partial charge is 0.197 e. The van der Waals surface area contributed by atoms with Gasteiger partial charge in [-0.2, -0.15) is 0 Å². The molecule has 1 aromatic heterocycles. The van der Waals surface area contributed by atoms with Gasteiger partial charge >= 0.3 is 0 Å². The summed E-state index contributed by atoms with van der Waals surface area (Å²) in [7, 11) is 1.50. The molecule has 0 spiro atoms. The minimum Gasteiger partial charge on any atom is -0.506 e. The molecule has 0 fully saturated rings. The van der Waals surface area contributed by atoms with E-state index < -0.39 is 0 Å². The maximum Gasteiger partial charge on any atom is 0.197 e. The average Bonchev–Trinajstić information content (AvgIpc) is 2.57. The van der Waals surface area contributed by atoms with Crippen molar-refractivity contribution in [3.8, 4) is 22.8 Å². The zero-order valence-corrected chi connectivity index (χ0v) is 14.4. The molecule has 2 aromatic carbocycles. The molecular weight excluding hydrogens is 411 g/mol. The molecule has 0 radical (unpaired) electrons. The van der Waals surface area contributed by atoms with Crippen LogP contribution in [0.5, 0.6) is 11.5 Å². The Balaban J connectivity index is 2.23. The van der Waals surface area contributed by atoms with Crippen molar-refractivity contribution in [1.82, 2.24) is 0 Å². The molecule has 0 aliphatic heterocycles. The third-order valence-electron chi connectivity index (χ3n) is 3.29. The number of ether oxygens (including phenoxy) is 2. The first-order chi connectivity index (χ1) is 11.1. The number of hydrogen-bond donors (Lipinski definition) is 1. The molecule has 1 N–H and O–H groups in total. The van der Waals surface area contributed by atoms with E-state index in [-0.39, 0.29) is 28.9 Å². The fraction of sp³-hybridized carbons (Fsp3) is 0.118. The predicted molar refractivity (Wildman–Crippen MR) is 94.8 cm³/mol. The Labute approximate surface area is 145 Å². The van der Waals surface area contributed by atoms with Crippen LogP contribution in [0.2, 0.25) is 0 Å². The van der Waals surface area contributed by atoms with Crippen molar-refractivity contribution in [1.29, 1.82) is 0 Å². The maximum absolute atomic E-state index is 12.4. The SMILES string of the molecule is COCOc1cc2oc(-c3ccccc3)cc(=O)c2c(O)c1I. The molecule has 0 bridgehead atoms. The summed E-state index contributed by atoms with van der Waals surface area (Å²) in [6.07, 6.45) is 0. The van der Waals surface area contributed by atoms with Gasteiger partial charge in [-0.15, -0.1) is 0 Å². The first-order valence-corrected chi connectivity index (χ1v) is 7.86. The standard InChI is InChI=1S/C17H13IO5/c1-21-9-22-14-8-13-15(17(20)16(14)18)11(19)7-12(23-13)10-5-3-2-4-6-10/h2-8,20H,9H2,1H3. The van der Waals surface area contributed by atoms with Gasteiger partial charge in [-0.25, -0.2) is 0 Å². The average molecular weight is 424 g/mol. The second-order valence-electron chi connectivity index (χ2n) is 4.80. The Morgan fingerprint density at radius 2 is 1.96 bits per heavy atom. The Hall–Kier alpha value is -2.06. The fourth-order valence-electron chi connectivity index (χ4n) is 2.23. The number of fused-ring (bicyclic) bond motifs is 1. The Morgan fingerprint density at radius 3 is 2.65 bits per heavy atom. The zero-order valence-electron chi connectivity index (χ0n) is 12.2. The van der Waals surface area contributed by atoms with Crippen molar-refractivity contribution in [2.24, 2.45) is 0 Å². The molecule has 0 aliphatic rings. The largest absolute Gasteiger partial charge is 0.506 e. The quantitative estimate of drug-likeness (QED) is 0.511. The van der Waals surface area contributed by atoms with Gasteiger partial charge in [0, 0.05) is 24.8 Å². The van der Waals surface area contributed by atoms with Crippen molar-refractivity contribution >= 4 is 33.6 Å². The Bertz CT molecular complexity index is 902. The van der Waals surface area contributed by atoms with Crippen molar-refractivity contribution in [3.63, 3.8) is 0 Å². The number of benzene rings is 2. The highest BCUT2D eigenvalue weighted by molar-refractivity contribution is 14.1. The molecule has 0 unspecified atom stereocenters. The molecular formula is C17H13IO5. The lowest BCUT2D eigenvalue weighted by Gasteiger charge is -2.11. The van der Waals surface area contributed by atoms with Gasteiger partial charge in [-0.3, -0.25) is 4.79 Å². The molecule has 0 saturated carbocycles. The van der Waals surface area contributed by atoms with Crippen LogP contribution in [0, 0.1) is 3.57 Å². The lowest BCUT2D eigenvalue weighted by atomic mass is 10.1. The first-order valence-electron chi connectivity index (χ1n) is 6.78. The molecule has 23 heavy (non-hydrogen) atoms. The molecule has 118 valence electrons. The van der Waals surface area contributed by atoms with Gasteiger partial charge in [0.2, 0.25) is 0 Å². The number of aromatic hydroxyl groups is 1. The van der Waals surface area contributed by atoms with Crippen LogP contribution in [-0.2, 0) is 4.74 Å². The molecule has 0 saturated heterocycles. The summed E-state index contributed by atoms with van der Waals surface area (Å²) in [6, 6.07) is 12.3. The van der Waals surface area contributed by atoms with Crippen molar-refractivity contribution < 1.29 is 19.0 Å². The van der Waals surface area contributed by atoms with Crippen LogP contribution in [0.25, 0.3) is 22.3 Å². The number of methoxy groups -OCH3 is 1. The molecule has 1 heterocycles. The minimum atomic E-state index is -0.307. The molecule has 0 atom stereocenters.